The molecule has 1 unspecified atom stereocenters. The summed E-state index contributed by atoms with van der Waals surface area (Å²) in [7, 11) is 4.40. The molecule has 1 aliphatic heterocycles. The second-order valence-corrected chi connectivity index (χ2v) is 6.07. The molecule has 1 N–H and O–H groups in total. The summed E-state index contributed by atoms with van der Waals surface area (Å²) in [6.45, 7) is 9.85. The lowest BCUT2D eigenvalue weighted by Crippen LogP contribution is -2.52. The maximum absolute atomic E-state index is 4.42. The molecule has 0 spiro atoms. The molecule has 2 heterocycles. The minimum absolute atomic E-state index is 0.558. The van der Waals surface area contributed by atoms with Gasteiger partial charge in [-0.2, -0.15) is 0 Å². The number of imidazole rings is 1. The molecular formula is C14H27N5. The van der Waals surface area contributed by atoms with Gasteiger partial charge in [0, 0.05) is 51.2 Å². The highest BCUT2D eigenvalue weighted by Gasteiger charge is 2.22. The van der Waals surface area contributed by atoms with Crippen LogP contribution in [-0.4, -0.2) is 65.7 Å². The lowest BCUT2D eigenvalue weighted by molar-refractivity contribution is 0.121. The van der Waals surface area contributed by atoms with Gasteiger partial charge in [0.2, 0.25) is 5.95 Å². The molecule has 108 valence electrons. The molecule has 1 atom stereocenters. The first-order valence-electron chi connectivity index (χ1n) is 7.20. The number of hydrogen-bond donors (Lipinski definition) is 1. The van der Waals surface area contributed by atoms with E-state index in [9.17, 15) is 0 Å². The minimum Gasteiger partial charge on any atom is -0.354 e. The predicted molar refractivity (Wildman–Crippen MR) is 79.5 cm³/mol. The Bertz CT molecular complexity index is 387. The molecule has 1 aromatic heterocycles. The monoisotopic (exact) mass is 265 g/mol. The maximum Gasteiger partial charge on any atom is 0.202 e. The van der Waals surface area contributed by atoms with E-state index in [1.807, 2.05) is 6.20 Å². The second-order valence-electron chi connectivity index (χ2n) is 6.07. The van der Waals surface area contributed by atoms with Crippen LogP contribution < -0.4 is 5.32 Å². The molecule has 5 nitrogen and oxygen atoms in total. The Labute approximate surface area is 116 Å². The summed E-state index contributed by atoms with van der Waals surface area (Å²) in [5.74, 6) is 1.63. The molecule has 0 aliphatic carbocycles. The van der Waals surface area contributed by atoms with E-state index >= 15 is 0 Å². The fourth-order valence-corrected chi connectivity index (χ4v) is 2.55. The smallest absolute Gasteiger partial charge is 0.202 e. The van der Waals surface area contributed by atoms with Gasteiger partial charge in [0.15, 0.2) is 0 Å². The molecule has 0 aromatic carbocycles. The molecule has 1 saturated heterocycles. The van der Waals surface area contributed by atoms with Crippen molar-refractivity contribution in [3.05, 3.63) is 12.4 Å². The lowest BCUT2D eigenvalue weighted by atomic mass is 10.2. The number of nitrogens with zero attached hydrogens (tertiary/aromatic N) is 4. The first-order valence-corrected chi connectivity index (χ1v) is 7.20. The number of piperazine rings is 1. The van der Waals surface area contributed by atoms with Crippen LogP contribution >= 0.6 is 0 Å². The number of hydrogen-bond acceptors (Lipinski definition) is 4. The quantitative estimate of drug-likeness (QED) is 0.868. The van der Waals surface area contributed by atoms with Gasteiger partial charge < -0.3 is 14.8 Å². The van der Waals surface area contributed by atoms with E-state index in [0.717, 1.165) is 38.7 Å². The van der Waals surface area contributed by atoms with E-state index in [-0.39, 0.29) is 0 Å². The molecule has 0 bridgehead atoms. The third-order valence-corrected chi connectivity index (χ3v) is 3.75. The van der Waals surface area contributed by atoms with Crippen molar-refractivity contribution in [2.45, 2.75) is 26.4 Å². The molecule has 1 fully saturated rings. The Kier molecular flexibility index (Phi) is 4.82. The van der Waals surface area contributed by atoms with Gasteiger partial charge in [-0.25, -0.2) is 4.98 Å². The first-order chi connectivity index (χ1) is 9.06. The molecular weight excluding hydrogens is 238 g/mol. The third kappa shape index (κ3) is 3.94. The van der Waals surface area contributed by atoms with Crippen LogP contribution in [0.25, 0.3) is 0 Å². The Morgan fingerprint density at radius 1 is 1.37 bits per heavy atom. The van der Waals surface area contributed by atoms with E-state index < -0.39 is 0 Å². The molecule has 5 heteroatoms. The zero-order valence-corrected chi connectivity index (χ0v) is 12.6. The van der Waals surface area contributed by atoms with Crippen LogP contribution in [0.5, 0.6) is 0 Å². The Hall–Kier alpha value is -1.07. The SMILES string of the molecule is CC(C)Cn1ccnc1NCC1CN(C)CCN1C. The van der Waals surface area contributed by atoms with E-state index in [0.29, 0.717) is 12.0 Å². The van der Waals surface area contributed by atoms with Crippen LogP contribution in [-0.2, 0) is 6.54 Å². The zero-order chi connectivity index (χ0) is 13.8. The van der Waals surface area contributed by atoms with Crippen LogP contribution in [0.1, 0.15) is 13.8 Å². The first kappa shape index (κ1) is 14.3. The second kappa shape index (κ2) is 6.39. The highest BCUT2D eigenvalue weighted by Crippen LogP contribution is 2.11. The summed E-state index contributed by atoms with van der Waals surface area (Å²) >= 11 is 0. The highest BCUT2D eigenvalue weighted by atomic mass is 15.3. The van der Waals surface area contributed by atoms with Crippen molar-refractivity contribution in [2.75, 3.05) is 45.6 Å². The van der Waals surface area contributed by atoms with Crippen LogP contribution in [0.2, 0.25) is 0 Å². The van der Waals surface area contributed by atoms with Crippen LogP contribution in [0.4, 0.5) is 5.95 Å². The van der Waals surface area contributed by atoms with Gasteiger partial charge in [-0.05, 0) is 20.0 Å². The highest BCUT2D eigenvalue weighted by molar-refractivity contribution is 5.26. The third-order valence-electron chi connectivity index (χ3n) is 3.75. The average Bonchev–Trinajstić information content (AvgIpc) is 2.77. The van der Waals surface area contributed by atoms with Gasteiger partial charge in [-0.1, -0.05) is 13.8 Å². The summed E-state index contributed by atoms with van der Waals surface area (Å²) in [6, 6.07) is 0.558. The summed E-state index contributed by atoms with van der Waals surface area (Å²) in [5, 5.41) is 3.50. The minimum atomic E-state index is 0.558. The van der Waals surface area contributed by atoms with Gasteiger partial charge in [-0.15, -0.1) is 0 Å². The van der Waals surface area contributed by atoms with Gasteiger partial charge in [0.25, 0.3) is 0 Å². The van der Waals surface area contributed by atoms with Crippen molar-refractivity contribution in [1.29, 1.82) is 0 Å². The van der Waals surface area contributed by atoms with E-state index in [1.54, 1.807) is 0 Å². The number of anilines is 1. The van der Waals surface area contributed by atoms with Gasteiger partial charge in [-0.3, -0.25) is 4.90 Å². The molecule has 0 radical (unpaired) electrons. The summed E-state index contributed by atoms with van der Waals surface area (Å²) in [5.41, 5.74) is 0. The Morgan fingerprint density at radius 2 is 2.16 bits per heavy atom. The number of likely N-dealkylation sites (N-methyl/N-ethyl adjacent to an activating group) is 2. The van der Waals surface area contributed by atoms with Crippen molar-refractivity contribution in [1.82, 2.24) is 19.4 Å². The van der Waals surface area contributed by atoms with E-state index in [4.69, 9.17) is 0 Å². The van der Waals surface area contributed by atoms with Gasteiger partial charge in [0.1, 0.15) is 0 Å². The average molecular weight is 265 g/mol. The fraction of sp³-hybridized carbons (Fsp3) is 0.786. The van der Waals surface area contributed by atoms with Crippen molar-refractivity contribution in [2.24, 2.45) is 5.92 Å². The van der Waals surface area contributed by atoms with Crippen LogP contribution in [0, 0.1) is 5.92 Å². The van der Waals surface area contributed by atoms with Crippen molar-refractivity contribution in [3.63, 3.8) is 0 Å². The summed E-state index contributed by atoms with van der Waals surface area (Å²) < 4.78 is 2.21. The largest absolute Gasteiger partial charge is 0.354 e. The van der Waals surface area contributed by atoms with Crippen molar-refractivity contribution in [3.8, 4) is 0 Å². The fourth-order valence-electron chi connectivity index (χ4n) is 2.55. The molecule has 0 amide bonds. The topological polar surface area (TPSA) is 36.3 Å². The number of aromatic nitrogens is 2. The maximum atomic E-state index is 4.42. The van der Waals surface area contributed by atoms with Crippen molar-refractivity contribution < 1.29 is 0 Å². The molecule has 1 aliphatic rings. The standard InChI is InChI=1S/C14H27N5/c1-12(2)10-19-6-5-15-14(19)16-9-13-11-17(3)7-8-18(13)4/h5-6,12-13H,7-11H2,1-4H3,(H,15,16). The number of nitrogens with one attached hydrogen (secondary N) is 1. The Balaban J connectivity index is 1.89. The van der Waals surface area contributed by atoms with Crippen LogP contribution in [0.15, 0.2) is 12.4 Å². The lowest BCUT2D eigenvalue weighted by Gasteiger charge is -2.37. The van der Waals surface area contributed by atoms with Gasteiger partial charge in [0.05, 0.1) is 0 Å². The molecule has 19 heavy (non-hydrogen) atoms. The predicted octanol–water partition coefficient (Wildman–Crippen LogP) is 1.20. The summed E-state index contributed by atoms with van der Waals surface area (Å²) in [6.07, 6.45) is 3.93. The van der Waals surface area contributed by atoms with Gasteiger partial charge >= 0.3 is 0 Å². The van der Waals surface area contributed by atoms with Crippen molar-refractivity contribution >= 4 is 5.95 Å². The molecule has 1 aromatic rings. The van der Waals surface area contributed by atoms with E-state index in [2.05, 4.69) is 58.8 Å². The normalized spacial score (nSPS) is 22.1. The number of rotatable bonds is 5. The summed E-state index contributed by atoms with van der Waals surface area (Å²) in [4.78, 5) is 9.25. The van der Waals surface area contributed by atoms with E-state index in [1.165, 1.54) is 0 Å². The molecule has 2 rings (SSSR count). The zero-order valence-electron chi connectivity index (χ0n) is 12.6. The Morgan fingerprint density at radius 3 is 2.89 bits per heavy atom. The molecule has 0 saturated carbocycles. The van der Waals surface area contributed by atoms with Crippen LogP contribution in [0.3, 0.4) is 0 Å².